The molecule has 0 aliphatic carbocycles. The SMILES string of the molecule is Cc1ccc2c(c1)C(c1ccc3ccccc3c1)CCS2. The zero-order valence-corrected chi connectivity index (χ0v) is 13.0. The molecule has 0 saturated heterocycles. The molecule has 1 atom stereocenters. The van der Waals surface area contributed by atoms with Crippen LogP contribution >= 0.6 is 11.8 Å². The Balaban J connectivity index is 1.84. The van der Waals surface area contributed by atoms with Gasteiger partial charge < -0.3 is 0 Å². The van der Waals surface area contributed by atoms with Crippen molar-refractivity contribution in [3.8, 4) is 0 Å². The standard InChI is InChI=1S/C20H18S/c1-14-6-9-20-19(12-14)18(10-11-21-20)17-8-7-15-4-2-3-5-16(15)13-17/h2-9,12-13,18H,10-11H2,1H3. The van der Waals surface area contributed by atoms with Gasteiger partial charge >= 0.3 is 0 Å². The molecular formula is C20H18S. The quantitative estimate of drug-likeness (QED) is 0.547. The molecule has 0 nitrogen and oxygen atoms in total. The number of hydrogen-bond donors (Lipinski definition) is 0. The molecule has 1 heteroatoms. The van der Waals surface area contributed by atoms with Gasteiger partial charge in [-0.2, -0.15) is 0 Å². The van der Waals surface area contributed by atoms with Crippen molar-refractivity contribution in [2.45, 2.75) is 24.2 Å². The summed E-state index contributed by atoms with van der Waals surface area (Å²) >= 11 is 2.00. The fraction of sp³-hybridized carbons (Fsp3) is 0.200. The fourth-order valence-electron chi connectivity index (χ4n) is 3.28. The first-order valence-corrected chi connectivity index (χ1v) is 8.52. The van der Waals surface area contributed by atoms with Crippen LogP contribution in [0.1, 0.15) is 29.0 Å². The van der Waals surface area contributed by atoms with Crippen LogP contribution in [-0.4, -0.2) is 5.75 Å². The van der Waals surface area contributed by atoms with Crippen LogP contribution in [0, 0.1) is 6.92 Å². The minimum absolute atomic E-state index is 0.547. The molecule has 3 aromatic carbocycles. The van der Waals surface area contributed by atoms with Crippen LogP contribution in [0.3, 0.4) is 0 Å². The van der Waals surface area contributed by atoms with E-state index in [-0.39, 0.29) is 0 Å². The molecule has 3 aromatic rings. The second-order valence-electron chi connectivity index (χ2n) is 5.84. The van der Waals surface area contributed by atoms with E-state index in [1.54, 1.807) is 0 Å². The van der Waals surface area contributed by atoms with Crippen molar-refractivity contribution in [1.29, 1.82) is 0 Å². The molecule has 1 heterocycles. The van der Waals surface area contributed by atoms with Crippen LogP contribution in [0.5, 0.6) is 0 Å². The van der Waals surface area contributed by atoms with Gasteiger partial charge in [-0.3, -0.25) is 0 Å². The zero-order chi connectivity index (χ0) is 14.2. The average molecular weight is 290 g/mol. The van der Waals surface area contributed by atoms with Crippen LogP contribution in [0.15, 0.2) is 65.6 Å². The third-order valence-electron chi connectivity index (χ3n) is 4.38. The molecule has 1 unspecified atom stereocenters. The van der Waals surface area contributed by atoms with Crippen molar-refractivity contribution in [1.82, 2.24) is 0 Å². The van der Waals surface area contributed by atoms with Crippen LogP contribution in [0.4, 0.5) is 0 Å². The Morgan fingerprint density at radius 2 is 1.76 bits per heavy atom. The second kappa shape index (κ2) is 5.23. The zero-order valence-electron chi connectivity index (χ0n) is 12.2. The van der Waals surface area contributed by atoms with Crippen molar-refractivity contribution in [3.63, 3.8) is 0 Å². The Morgan fingerprint density at radius 3 is 2.67 bits per heavy atom. The molecule has 104 valence electrons. The lowest BCUT2D eigenvalue weighted by atomic mass is 9.87. The fourth-order valence-corrected chi connectivity index (χ4v) is 4.39. The summed E-state index contributed by atoms with van der Waals surface area (Å²) in [5.41, 5.74) is 4.34. The number of rotatable bonds is 1. The summed E-state index contributed by atoms with van der Waals surface area (Å²) in [4.78, 5) is 1.46. The lowest BCUT2D eigenvalue weighted by Crippen LogP contribution is -2.09. The lowest BCUT2D eigenvalue weighted by molar-refractivity contribution is 0.755. The molecule has 4 rings (SSSR count). The molecule has 0 N–H and O–H groups in total. The highest BCUT2D eigenvalue weighted by molar-refractivity contribution is 7.99. The highest BCUT2D eigenvalue weighted by atomic mass is 32.2. The van der Waals surface area contributed by atoms with E-state index >= 15 is 0 Å². The van der Waals surface area contributed by atoms with Crippen molar-refractivity contribution >= 4 is 22.5 Å². The predicted octanol–water partition coefficient (Wildman–Crippen LogP) is 5.78. The summed E-state index contributed by atoms with van der Waals surface area (Å²) in [5.74, 6) is 1.76. The van der Waals surface area contributed by atoms with E-state index < -0.39 is 0 Å². The molecule has 0 amide bonds. The molecule has 1 aliphatic heterocycles. The molecule has 0 spiro atoms. The van der Waals surface area contributed by atoms with Gasteiger partial charge in [-0.1, -0.05) is 60.2 Å². The van der Waals surface area contributed by atoms with Gasteiger partial charge in [-0.25, -0.2) is 0 Å². The normalized spacial score (nSPS) is 17.7. The molecule has 21 heavy (non-hydrogen) atoms. The topological polar surface area (TPSA) is 0 Å². The molecule has 1 aliphatic rings. The Morgan fingerprint density at radius 1 is 0.905 bits per heavy atom. The van der Waals surface area contributed by atoms with Crippen LogP contribution in [0.25, 0.3) is 10.8 Å². The summed E-state index contributed by atoms with van der Waals surface area (Å²) < 4.78 is 0. The first-order chi connectivity index (χ1) is 10.3. The summed E-state index contributed by atoms with van der Waals surface area (Å²) in [6.07, 6.45) is 1.24. The average Bonchev–Trinajstić information content (AvgIpc) is 2.54. The predicted molar refractivity (Wildman–Crippen MR) is 92.3 cm³/mol. The molecule has 0 aromatic heterocycles. The van der Waals surface area contributed by atoms with E-state index in [9.17, 15) is 0 Å². The first kappa shape index (κ1) is 13.0. The lowest BCUT2D eigenvalue weighted by Gasteiger charge is -2.26. The Hall–Kier alpha value is -1.73. The maximum Gasteiger partial charge on any atom is 0.0110 e. The summed E-state index contributed by atoms with van der Waals surface area (Å²) in [6, 6.07) is 22.5. The minimum atomic E-state index is 0.547. The van der Waals surface area contributed by atoms with Gasteiger partial charge in [0.1, 0.15) is 0 Å². The van der Waals surface area contributed by atoms with Crippen LogP contribution in [-0.2, 0) is 0 Å². The van der Waals surface area contributed by atoms with Crippen molar-refractivity contribution in [2.24, 2.45) is 0 Å². The minimum Gasteiger partial charge on any atom is -0.126 e. The Kier molecular flexibility index (Phi) is 3.23. The third-order valence-corrected chi connectivity index (χ3v) is 5.50. The van der Waals surface area contributed by atoms with Gasteiger partial charge in [0.2, 0.25) is 0 Å². The maximum atomic E-state index is 2.38. The largest absolute Gasteiger partial charge is 0.126 e. The molecule has 0 fully saturated rings. The molecule has 0 saturated carbocycles. The Labute approximate surface area is 130 Å². The van der Waals surface area contributed by atoms with E-state index in [1.807, 2.05) is 11.8 Å². The first-order valence-electron chi connectivity index (χ1n) is 7.53. The van der Waals surface area contributed by atoms with Gasteiger partial charge in [0.05, 0.1) is 0 Å². The monoisotopic (exact) mass is 290 g/mol. The second-order valence-corrected chi connectivity index (χ2v) is 6.97. The number of hydrogen-bond acceptors (Lipinski definition) is 1. The Bertz CT molecular complexity index is 804. The van der Waals surface area contributed by atoms with Crippen LogP contribution in [0.2, 0.25) is 0 Å². The molecule has 0 radical (unpaired) electrons. The number of thioether (sulfide) groups is 1. The third kappa shape index (κ3) is 2.36. The van der Waals surface area contributed by atoms with Crippen molar-refractivity contribution in [3.05, 3.63) is 77.4 Å². The highest BCUT2D eigenvalue weighted by Crippen LogP contribution is 2.42. The number of fused-ring (bicyclic) bond motifs is 2. The number of aryl methyl sites for hydroxylation is 1. The van der Waals surface area contributed by atoms with E-state index in [4.69, 9.17) is 0 Å². The van der Waals surface area contributed by atoms with Crippen LogP contribution < -0.4 is 0 Å². The van der Waals surface area contributed by atoms with Gasteiger partial charge in [-0.05, 0) is 47.1 Å². The summed E-state index contributed by atoms with van der Waals surface area (Å²) in [5, 5.41) is 2.68. The van der Waals surface area contributed by atoms with E-state index in [2.05, 4.69) is 67.6 Å². The van der Waals surface area contributed by atoms with E-state index in [0.29, 0.717) is 5.92 Å². The molecular weight excluding hydrogens is 272 g/mol. The van der Waals surface area contributed by atoms with Gasteiger partial charge in [0, 0.05) is 10.8 Å². The van der Waals surface area contributed by atoms with Crippen molar-refractivity contribution in [2.75, 3.05) is 5.75 Å². The van der Waals surface area contributed by atoms with Gasteiger partial charge in [-0.15, -0.1) is 11.8 Å². The number of benzene rings is 3. The summed E-state index contributed by atoms with van der Waals surface area (Å²) in [6.45, 7) is 2.19. The van der Waals surface area contributed by atoms with Crippen molar-refractivity contribution < 1.29 is 0 Å². The van der Waals surface area contributed by atoms with E-state index in [1.165, 1.54) is 44.5 Å². The van der Waals surface area contributed by atoms with E-state index in [0.717, 1.165) is 0 Å². The molecule has 0 bridgehead atoms. The highest BCUT2D eigenvalue weighted by Gasteiger charge is 2.22. The van der Waals surface area contributed by atoms with Gasteiger partial charge in [0.25, 0.3) is 0 Å². The van der Waals surface area contributed by atoms with Gasteiger partial charge in [0.15, 0.2) is 0 Å². The smallest absolute Gasteiger partial charge is 0.0110 e. The maximum absolute atomic E-state index is 2.38. The summed E-state index contributed by atoms with van der Waals surface area (Å²) in [7, 11) is 0.